The van der Waals surface area contributed by atoms with E-state index in [1.165, 1.54) is 5.56 Å². The Labute approximate surface area is 112 Å². The summed E-state index contributed by atoms with van der Waals surface area (Å²) in [7, 11) is 0. The molecule has 0 aliphatic carbocycles. The van der Waals surface area contributed by atoms with E-state index in [4.69, 9.17) is 21.4 Å². The number of carbonyl (C=O) groups is 1. The van der Waals surface area contributed by atoms with Gasteiger partial charge in [-0.15, -0.1) is 0 Å². The zero-order valence-corrected chi connectivity index (χ0v) is 11.2. The number of carboxylic acids is 1. The fraction of sp³-hybridized carbons (Fsp3) is 0.500. The Morgan fingerprint density at radius 1 is 1.50 bits per heavy atom. The summed E-state index contributed by atoms with van der Waals surface area (Å²) in [5.41, 5.74) is 1.41. The summed E-state index contributed by atoms with van der Waals surface area (Å²) in [6.07, 6.45) is 3.34. The Morgan fingerprint density at radius 2 is 2.22 bits per heavy atom. The molecular formula is C14H17ClO3. The fourth-order valence-electron chi connectivity index (χ4n) is 1.99. The standard InChI is InChI=1S/C14H17ClO3/c1-10-5-6-11(8-12(10)15)4-2-3-7-14(9-18-14)13(16)17/h5-6,8H,2-4,7,9H2,1H3,(H,16,17). The second-order valence-corrected chi connectivity index (χ2v) is 5.29. The minimum atomic E-state index is -0.870. The number of aliphatic carboxylic acids is 1. The monoisotopic (exact) mass is 268 g/mol. The number of epoxide rings is 1. The van der Waals surface area contributed by atoms with Crippen LogP contribution in [0.4, 0.5) is 0 Å². The van der Waals surface area contributed by atoms with Crippen LogP contribution in [0, 0.1) is 6.92 Å². The largest absolute Gasteiger partial charge is 0.479 e. The molecule has 1 N–H and O–H groups in total. The predicted molar refractivity (Wildman–Crippen MR) is 70.1 cm³/mol. The first-order valence-corrected chi connectivity index (χ1v) is 6.54. The van der Waals surface area contributed by atoms with E-state index in [1.54, 1.807) is 0 Å². The highest BCUT2D eigenvalue weighted by Crippen LogP contribution is 2.33. The van der Waals surface area contributed by atoms with Crippen molar-refractivity contribution in [3.8, 4) is 0 Å². The molecule has 1 aliphatic rings. The average molecular weight is 269 g/mol. The number of hydrogen-bond acceptors (Lipinski definition) is 2. The van der Waals surface area contributed by atoms with Crippen molar-refractivity contribution in [1.29, 1.82) is 0 Å². The molecule has 18 heavy (non-hydrogen) atoms. The molecule has 1 aromatic carbocycles. The van der Waals surface area contributed by atoms with Crippen molar-refractivity contribution >= 4 is 17.6 Å². The van der Waals surface area contributed by atoms with E-state index < -0.39 is 11.6 Å². The molecule has 2 rings (SSSR count). The number of halogens is 1. The molecule has 1 unspecified atom stereocenters. The van der Waals surface area contributed by atoms with E-state index >= 15 is 0 Å². The highest BCUT2D eigenvalue weighted by molar-refractivity contribution is 6.31. The Morgan fingerprint density at radius 3 is 2.78 bits per heavy atom. The summed E-state index contributed by atoms with van der Waals surface area (Å²) in [4.78, 5) is 10.9. The first kappa shape index (κ1) is 13.4. The number of aryl methyl sites for hydroxylation is 2. The minimum Gasteiger partial charge on any atom is -0.479 e. The van der Waals surface area contributed by atoms with Crippen LogP contribution in [0.5, 0.6) is 0 Å². The molecule has 0 aromatic heterocycles. The quantitative estimate of drug-likeness (QED) is 0.637. The lowest BCUT2D eigenvalue weighted by Crippen LogP contribution is -2.23. The number of ether oxygens (including phenoxy) is 1. The summed E-state index contributed by atoms with van der Waals surface area (Å²) in [6, 6.07) is 6.07. The topological polar surface area (TPSA) is 49.8 Å². The molecule has 0 radical (unpaired) electrons. The zero-order valence-electron chi connectivity index (χ0n) is 10.4. The van der Waals surface area contributed by atoms with Crippen LogP contribution in [0.15, 0.2) is 18.2 Å². The van der Waals surface area contributed by atoms with Crippen LogP contribution in [0.1, 0.15) is 30.4 Å². The Hall–Kier alpha value is -1.06. The van der Waals surface area contributed by atoms with Gasteiger partial charge in [-0.1, -0.05) is 23.7 Å². The number of rotatable bonds is 6. The summed E-state index contributed by atoms with van der Waals surface area (Å²) in [5.74, 6) is -0.833. The van der Waals surface area contributed by atoms with Gasteiger partial charge in [0.1, 0.15) is 0 Å². The van der Waals surface area contributed by atoms with E-state index in [2.05, 4.69) is 6.07 Å². The van der Waals surface area contributed by atoms with Crippen molar-refractivity contribution in [3.63, 3.8) is 0 Å². The molecule has 0 bridgehead atoms. The normalized spacial score (nSPS) is 21.9. The molecule has 1 saturated heterocycles. The summed E-state index contributed by atoms with van der Waals surface area (Å²) in [6.45, 7) is 2.34. The predicted octanol–water partition coefficient (Wildman–Crippen LogP) is 3.21. The number of unbranched alkanes of at least 4 members (excludes halogenated alkanes) is 1. The van der Waals surface area contributed by atoms with Gasteiger partial charge in [0.15, 0.2) is 5.60 Å². The second kappa shape index (κ2) is 5.29. The zero-order chi connectivity index (χ0) is 13.2. The minimum absolute atomic E-state index is 0.360. The molecule has 4 heteroatoms. The van der Waals surface area contributed by atoms with E-state index in [-0.39, 0.29) is 0 Å². The van der Waals surface area contributed by atoms with Crippen molar-refractivity contribution in [2.24, 2.45) is 0 Å². The summed E-state index contributed by atoms with van der Waals surface area (Å²) < 4.78 is 5.02. The van der Waals surface area contributed by atoms with Crippen molar-refractivity contribution in [1.82, 2.24) is 0 Å². The third-order valence-electron chi connectivity index (χ3n) is 3.41. The van der Waals surface area contributed by atoms with Crippen LogP contribution in [0.25, 0.3) is 0 Å². The van der Waals surface area contributed by atoms with Gasteiger partial charge in [-0.25, -0.2) is 4.79 Å². The number of hydrogen-bond donors (Lipinski definition) is 1. The summed E-state index contributed by atoms with van der Waals surface area (Å²) >= 11 is 6.05. The number of carboxylic acid groups (broad SMARTS) is 1. The third kappa shape index (κ3) is 3.03. The second-order valence-electron chi connectivity index (χ2n) is 4.88. The van der Waals surface area contributed by atoms with E-state index in [9.17, 15) is 4.79 Å². The molecule has 0 saturated carbocycles. The lowest BCUT2D eigenvalue weighted by atomic mass is 10.00. The molecule has 1 aromatic rings. The van der Waals surface area contributed by atoms with Crippen LogP contribution in [0.2, 0.25) is 5.02 Å². The number of benzene rings is 1. The van der Waals surface area contributed by atoms with Gasteiger partial charge in [-0.05, 0) is 49.8 Å². The molecule has 3 nitrogen and oxygen atoms in total. The van der Waals surface area contributed by atoms with Crippen molar-refractivity contribution in [3.05, 3.63) is 34.3 Å². The first-order chi connectivity index (χ1) is 8.53. The molecule has 1 atom stereocenters. The molecule has 0 spiro atoms. The van der Waals surface area contributed by atoms with Crippen LogP contribution in [0.3, 0.4) is 0 Å². The van der Waals surface area contributed by atoms with Gasteiger partial charge in [0.2, 0.25) is 0 Å². The Balaban J connectivity index is 1.75. The molecular weight excluding hydrogens is 252 g/mol. The average Bonchev–Trinajstić information content (AvgIpc) is 3.10. The van der Waals surface area contributed by atoms with Crippen molar-refractivity contribution < 1.29 is 14.6 Å². The maximum absolute atomic E-state index is 10.9. The molecule has 1 heterocycles. The lowest BCUT2D eigenvalue weighted by molar-refractivity contribution is -0.143. The van der Waals surface area contributed by atoms with E-state index in [0.717, 1.165) is 29.8 Å². The lowest BCUT2D eigenvalue weighted by Gasteiger charge is -2.07. The molecule has 0 amide bonds. The van der Waals surface area contributed by atoms with Crippen LogP contribution in [-0.2, 0) is 16.0 Å². The van der Waals surface area contributed by atoms with E-state index in [1.807, 2.05) is 19.1 Å². The van der Waals surface area contributed by atoms with Gasteiger partial charge < -0.3 is 9.84 Å². The van der Waals surface area contributed by atoms with E-state index in [0.29, 0.717) is 13.0 Å². The molecule has 1 fully saturated rings. The SMILES string of the molecule is Cc1ccc(CCCCC2(C(=O)O)CO2)cc1Cl. The van der Waals surface area contributed by atoms with Gasteiger partial charge in [-0.2, -0.15) is 0 Å². The van der Waals surface area contributed by atoms with Gasteiger partial charge in [0, 0.05) is 5.02 Å². The van der Waals surface area contributed by atoms with Crippen LogP contribution < -0.4 is 0 Å². The Kier molecular flexibility index (Phi) is 3.93. The van der Waals surface area contributed by atoms with Gasteiger partial charge in [0.25, 0.3) is 0 Å². The first-order valence-electron chi connectivity index (χ1n) is 6.16. The fourth-order valence-corrected chi connectivity index (χ4v) is 2.20. The summed E-state index contributed by atoms with van der Waals surface area (Å²) in [5, 5.41) is 9.74. The van der Waals surface area contributed by atoms with Crippen LogP contribution in [-0.4, -0.2) is 23.3 Å². The van der Waals surface area contributed by atoms with Gasteiger partial charge in [0.05, 0.1) is 6.61 Å². The highest BCUT2D eigenvalue weighted by atomic mass is 35.5. The van der Waals surface area contributed by atoms with Crippen molar-refractivity contribution in [2.75, 3.05) is 6.61 Å². The highest BCUT2D eigenvalue weighted by Gasteiger charge is 2.51. The van der Waals surface area contributed by atoms with Gasteiger partial charge >= 0.3 is 5.97 Å². The molecule has 98 valence electrons. The third-order valence-corrected chi connectivity index (χ3v) is 3.82. The molecule has 1 aliphatic heterocycles. The van der Waals surface area contributed by atoms with Crippen LogP contribution >= 0.6 is 11.6 Å². The smallest absolute Gasteiger partial charge is 0.338 e. The maximum Gasteiger partial charge on any atom is 0.338 e. The Bertz CT molecular complexity index is 452. The van der Waals surface area contributed by atoms with Gasteiger partial charge in [-0.3, -0.25) is 0 Å². The maximum atomic E-state index is 10.9. The van der Waals surface area contributed by atoms with Crippen molar-refractivity contribution in [2.45, 2.75) is 38.2 Å².